The fourth-order valence-corrected chi connectivity index (χ4v) is 3.61. The molecule has 5 nitrogen and oxygen atoms in total. The van der Waals surface area contributed by atoms with Crippen molar-refractivity contribution in [2.45, 2.75) is 26.4 Å². The number of hydrogen-bond donors (Lipinski definition) is 0. The topological polar surface area (TPSA) is 65.4 Å². The zero-order chi connectivity index (χ0) is 16.0. The summed E-state index contributed by atoms with van der Waals surface area (Å²) in [4.78, 5) is 12.1. The molecule has 0 atom stereocenters. The van der Waals surface area contributed by atoms with Crippen LogP contribution < -0.4 is 0 Å². The maximum Gasteiger partial charge on any atom is 0.338 e. The molecule has 0 radical (unpaired) electrons. The van der Waals surface area contributed by atoms with Crippen molar-refractivity contribution in [2.24, 2.45) is 0 Å². The lowest BCUT2D eigenvalue weighted by Gasteiger charge is -2.19. The summed E-state index contributed by atoms with van der Waals surface area (Å²) >= 11 is 2.05. The average Bonchev–Trinajstić information content (AvgIpc) is 2.64. The molecule has 0 fully saturated rings. The van der Waals surface area contributed by atoms with Crippen molar-refractivity contribution in [3.63, 3.8) is 0 Å². The number of nitrogens with zero attached hydrogens (tertiary/aromatic N) is 1. The lowest BCUT2D eigenvalue weighted by atomic mass is 10.1. The van der Waals surface area contributed by atoms with Crippen LogP contribution >= 0.6 is 22.6 Å². The first-order chi connectivity index (χ1) is 9.49. The van der Waals surface area contributed by atoms with Crippen LogP contribution in [0.5, 0.6) is 0 Å². The molecule has 1 aromatic carbocycles. The van der Waals surface area contributed by atoms with Gasteiger partial charge < -0.3 is 4.74 Å². The molecule has 0 aliphatic carbocycles. The van der Waals surface area contributed by atoms with Crippen LogP contribution in [0, 0.1) is 3.57 Å². The number of carbonyl (C=O) groups excluding carboxylic acids is 1. The van der Waals surface area contributed by atoms with Gasteiger partial charge in [-0.15, -0.1) is 0 Å². The molecule has 0 saturated heterocycles. The molecule has 21 heavy (non-hydrogen) atoms. The van der Waals surface area contributed by atoms with Gasteiger partial charge in [0.2, 0.25) is 10.0 Å². The number of rotatable bonds is 2. The van der Waals surface area contributed by atoms with E-state index in [1.165, 1.54) is 3.97 Å². The Labute approximate surface area is 137 Å². The Hall–Kier alpha value is -1.09. The van der Waals surface area contributed by atoms with E-state index < -0.39 is 21.6 Å². The number of fused-ring (bicyclic) bond motifs is 1. The minimum Gasteiger partial charge on any atom is -0.456 e. The van der Waals surface area contributed by atoms with Gasteiger partial charge in [-0.05, 0) is 61.6 Å². The van der Waals surface area contributed by atoms with Gasteiger partial charge >= 0.3 is 5.97 Å². The predicted molar refractivity (Wildman–Crippen MR) is 90.1 cm³/mol. The number of esters is 1. The van der Waals surface area contributed by atoms with Crippen molar-refractivity contribution >= 4 is 49.5 Å². The summed E-state index contributed by atoms with van der Waals surface area (Å²) < 4.78 is 30.8. The van der Waals surface area contributed by atoms with E-state index in [1.54, 1.807) is 45.2 Å². The van der Waals surface area contributed by atoms with E-state index in [-0.39, 0.29) is 0 Å². The molecule has 2 rings (SSSR count). The highest BCUT2D eigenvalue weighted by Gasteiger charge is 2.20. The quantitative estimate of drug-likeness (QED) is 0.553. The van der Waals surface area contributed by atoms with Crippen molar-refractivity contribution in [2.75, 3.05) is 6.26 Å². The van der Waals surface area contributed by atoms with Gasteiger partial charge in [-0.3, -0.25) is 0 Å². The Morgan fingerprint density at radius 3 is 2.43 bits per heavy atom. The van der Waals surface area contributed by atoms with Crippen molar-refractivity contribution in [1.29, 1.82) is 0 Å². The predicted octanol–water partition coefficient (Wildman–Crippen LogP) is 3.01. The molecule has 0 N–H and O–H groups in total. The Bertz CT molecular complexity index is 815. The summed E-state index contributed by atoms with van der Waals surface area (Å²) in [6.07, 6.45) is 2.68. The van der Waals surface area contributed by atoms with E-state index in [9.17, 15) is 13.2 Å². The van der Waals surface area contributed by atoms with Crippen LogP contribution in [-0.4, -0.2) is 30.2 Å². The van der Waals surface area contributed by atoms with Crippen LogP contribution in [-0.2, 0) is 14.8 Å². The van der Waals surface area contributed by atoms with Gasteiger partial charge in [0.1, 0.15) is 5.60 Å². The fourth-order valence-electron chi connectivity index (χ4n) is 1.90. The normalized spacial score (nSPS) is 12.6. The van der Waals surface area contributed by atoms with E-state index in [1.807, 2.05) is 22.6 Å². The molecule has 0 unspecified atom stereocenters. The number of halogens is 1. The third kappa shape index (κ3) is 3.57. The fraction of sp³-hybridized carbons (Fsp3) is 0.357. The van der Waals surface area contributed by atoms with Gasteiger partial charge in [0.25, 0.3) is 0 Å². The minimum absolute atomic E-state index is 0.404. The number of aromatic nitrogens is 1. The maximum atomic E-state index is 12.1. The standard InChI is InChI=1S/C14H16INO4S/c1-14(2,3)20-13(17)9-5-6-12-10(7-9)11(15)8-16(12)21(4,18)19/h5-8H,1-4H3. The molecule has 0 aliphatic rings. The molecule has 1 heterocycles. The highest BCUT2D eigenvalue weighted by atomic mass is 127. The van der Waals surface area contributed by atoms with Crippen LogP contribution in [0.4, 0.5) is 0 Å². The number of carbonyl (C=O) groups is 1. The lowest BCUT2D eigenvalue weighted by Crippen LogP contribution is -2.23. The molecule has 2 aromatic rings. The highest BCUT2D eigenvalue weighted by molar-refractivity contribution is 14.1. The van der Waals surface area contributed by atoms with Crippen LogP contribution in [0.2, 0.25) is 0 Å². The highest BCUT2D eigenvalue weighted by Crippen LogP contribution is 2.26. The third-order valence-corrected chi connectivity index (χ3v) is 4.59. The number of hydrogen-bond acceptors (Lipinski definition) is 4. The van der Waals surface area contributed by atoms with E-state index >= 15 is 0 Å². The Morgan fingerprint density at radius 1 is 1.29 bits per heavy atom. The van der Waals surface area contributed by atoms with Crippen molar-refractivity contribution in [1.82, 2.24) is 3.97 Å². The number of ether oxygens (including phenoxy) is 1. The van der Waals surface area contributed by atoms with Crippen molar-refractivity contribution in [3.05, 3.63) is 33.5 Å². The van der Waals surface area contributed by atoms with Gasteiger partial charge in [0, 0.05) is 15.2 Å². The first kappa shape index (κ1) is 16.3. The summed E-state index contributed by atoms with van der Waals surface area (Å²) in [6, 6.07) is 4.86. The van der Waals surface area contributed by atoms with Gasteiger partial charge in [0.05, 0.1) is 17.3 Å². The van der Waals surface area contributed by atoms with Crippen molar-refractivity contribution < 1.29 is 17.9 Å². The summed E-state index contributed by atoms with van der Waals surface area (Å²) in [7, 11) is -3.37. The average molecular weight is 421 g/mol. The van der Waals surface area contributed by atoms with E-state index in [4.69, 9.17) is 4.74 Å². The summed E-state index contributed by atoms with van der Waals surface area (Å²) in [5.41, 5.74) is 0.383. The molecule has 0 spiro atoms. The van der Waals surface area contributed by atoms with E-state index in [0.717, 1.165) is 9.83 Å². The second-order valence-electron chi connectivity index (χ2n) is 5.77. The first-order valence-corrected chi connectivity index (χ1v) is 9.16. The van der Waals surface area contributed by atoms with Gasteiger partial charge in [-0.25, -0.2) is 17.2 Å². The van der Waals surface area contributed by atoms with E-state index in [2.05, 4.69) is 0 Å². The van der Waals surface area contributed by atoms with Crippen LogP contribution in [0.3, 0.4) is 0 Å². The molecule has 0 saturated carbocycles. The van der Waals surface area contributed by atoms with Gasteiger partial charge in [0.15, 0.2) is 0 Å². The van der Waals surface area contributed by atoms with Crippen molar-refractivity contribution in [3.8, 4) is 0 Å². The molecule has 0 amide bonds. The molecular formula is C14H16INO4S. The molecule has 1 aromatic heterocycles. The molecule has 114 valence electrons. The lowest BCUT2D eigenvalue weighted by molar-refractivity contribution is 0.00697. The minimum atomic E-state index is -3.37. The van der Waals surface area contributed by atoms with Crippen LogP contribution in [0.25, 0.3) is 10.9 Å². The van der Waals surface area contributed by atoms with Gasteiger partial charge in [-0.2, -0.15) is 0 Å². The summed E-state index contributed by atoms with van der Waals surface area (Å²) in [5.74, 6) is -0.424. The molecular weight excluding hydrogens is 405 g/mol. The molecule has 0 aliphatic heterocycles. The second kappa shape index (κ2) is 5.28. The van der Waals surface area contributed by atoms with Crippen LogP contribution in [0.1, 0.15) is 31.1 Å². The molecule has 0 bridgehead atoms. The summed E-state index contributed by atoms with van der Waals surface area (Å²) in [6.45, 7) is 5.40. The Kier molecular flexibility index (Phi) is 4.09. The van der Waals surface area contributed by atoms with Gasteiger partial charge in [-0.1, -0.05) is 0 Å². The first-order valence-electron chi connectivity index (χ1n) is 6.23. The second-order valence-corrected chi connectivity index (χ2v) is 8.79. The third-order valence-electron chi connectivity index (χ3n) is 2.71. The zero-order valence-electron chi connectivity index (χ0n) is 12.2. The zero-order valence-corrected chi connectivity index (χ0v) is 15.1. The van der Waals surface area contributed by atoms with E-state index in [0.29, 0.717) is 16.5 Å². The SMILES string of the molecule is CC(C)(C)OC(=O)c1ccc2c(c1)c(I)cn2S(C)(=O)=O. The molecule has 7 heteroatoms. The Balaban J connectivity index is 2.54. The monoisotopic (exact) mass is 421 g/mol. The Morgan fingerprint density at radius 2 is 1.90 bits per heavy atom. The van der Waals surface area contributed by atoms with Crippen LogP contribution in [0.15, 0.2) is 24.4 Å². The largest absolute Gasteiger partial charge is 0.456 e. The smallest absolute Gasteiger partial charge is 0.338 e. The maximum absolute atomic E-state index is 12.1. The summed E-state index contributed by atoms with van der Waals surface area (Å²) in [5, 5.41) is 0.712. The number of benzene rings is 1.